The Bertz CT molecular complexity index is 804. The van der Waals surface area contributed by atoms with Gasteiger partial charge in [-0.1, -0.05) is 6.07 Å². The molecule has 1 aliphatic heterocycles. The van der Waals surface area contributed by atoms with Gasteiger partial charge in [0.25, 0.3) is 0 Å². The summed E-state index contributed by atoms with van der Waals surface area (Å²) in [5.41, 5.74) is 0.168. The van der Waals surface area contributed by atoms with Crippen LogP contribution in [0.2, 0.25) is 0 Å². The Morgan fingerprint density at radius 1 is 1.21 bits per heavy atom. The number of hydrogen-bond acceptors (Lipinski definition) is 3. The molecular weight excluding hydrogens is 489 g/mol. The van der Waals surface area contributed by atoms with Gasteiger partial charge in [-0.3, -0.25) is 9.89 Å². The van der Waals surface area contributed by atoms with Gasteiger partial charge in [0.05, 0.1) is 12.3 Å². The van der Waals surface area contributed by atoms with Crippen molar-refractivity contribution in [3.63, 3.8) is 0 Å². The zero-order valence-corrected chi connectivity index (χ0v) is 18.7. The molecule has 2 heterocycles. The third-order valence-electron chi connectivity index (χ3n) is 5.62. The Balaban J connectivity index is 0.00000240. The van der Waals surface area contributed by atoms with E-state index in [0.717, 1.165) is 18.8 Å². The number of nitrogens with one attached hydrogen (secondary N) is 2. The average molecular weight is 516 g/mol. The lowest BCUT2D eigenvalue weighted by Crippen LogP contribution is -2.43. The molecule has 1 aromatic carbocycles. The number of guanidine groups is 1. The Morgan fingerprint density at radius 2 is 1.93 bits per heavy atom. The van der Waals surface area contributed by atoms with Crippen molar-refractivity contribution in [2.75, 3.05) is 26.7 Å². The number of likely N-dealkylation sites (tertiary alicyclic amines) is 1. The van der Waals surface area contributed by atoms with Crippen LogP contribution in [0.15, 0.2) is 46.0 Å². The molecule has 1 aliphatic carbocycles. The first-order valence-electron chi connectivity index (χ1n) is 9.86. The standard InChI is InChI=1S/C21H26F2N4O.HI/c1-24-21(26-17-12-14(17)20-15(22)6-4-7-16(20)23)25-13-18(19-8-5-11-28-19)27-9-2-3-10-27;/h4-8,11,14,17-18H,2-3,9-10,12-13H2,1H3,(H2,24,25,26);1H. The van der Waals surface area contributed by atoms with Gasteiger partial charge in [-0.15, -0.1) is 24.0 Å². The van der Waals surface area contributed by atoms with Crippen molar-refractivity contribution in [2.45, 2.75) is 37.3 Å². The minimum absolute atomic E-state index is 0. The van der Waals surface area contributed by atoms with Gasteiger partial charge in [0.2, 0.25) is 0 Å². The maximum Gasteiger partial charge on any atom is 0.191 e. The fourth-order valence-corrected chi connectivity index (χ4v) is 4.05. The first-order valence-corrected chi connectivity index (χ1v) is 9.86. The van der Waals surface area contributed by atoms with Gasteiger partial charge in [-0.25, -0.2) is 8.78 Å². The smallest absolute Gasteiger partial charge is 0.191 e. The highest BCUT2D eigenvalue weighted by atomic mass is 127. The van der Waals surface area contributed by atoms with Crippen LogP contribution in [0.4, 0.5) is 8.78 Å². The van der Waals surface area contributed by atoms with Crippen LogP contribution in [0.1, 0.15) is 42.5 Å². The zero-order valence-electron chi connectivity index (χ0n) is 16.4. The molecular formula is C21H27F2IN4O. The van der Waals surface area contributed by atoms with Crippen LogP contribution < -0.4 is 10.6 Å². The summed E-state index contributed by atoms with van der Waals surface area (Å²) in [6.07, 6.45) is 4.78. The number of nitrogens with zero attached hydrogens (tertiary/aromatic N) is 2. The molecule has 5 nitrogen and oxygen atoms in total. The van der Waals surface area contributed by atoms with E-state index in [9.17, 15) is 8.78 Å². The van der Waals surface area contributed by atoms with E-state index >= 15 is 0 Å². The molecule has 3 unspecified atom stereocenters. The summed E-state index contributed by atoms with van der Waals surface area (Å²) in [6.45, 7) is 2.76. The highest BCUT2D eigenvalue weighted by molar-refractivity contribution is 14.0. The lowest BCUT2D eigenvalue weighted by atomic mass is 10.1. The SMILES string of the molecule is CN=C(NCC(c1ccco1)N1CCCC1)NC1CC1c1c(F)cccc1F.I. The Hall–Kier alpha value is -1.68. The van der Waals surface area contributed by atoms with Crippen LogP contribution in [0.25, 0.3) is 0 Å². The zero-order chi connectivity index (χ0) is 19.5. The molecule has 0 spiro atoms. The lowest BCUT2D eigenvalue weighted by molar-refractivity contribution is 0.215. The molecule has 158 valence electrons. The summed E-state index contributed by atoms with van der Waals surface area (Å²) in [4.78, 5) is 6.69. The molecule has 0 bridgehead atoms. The summed E-state index contributed by atoms with van der Waals surface area (Å²) < 4.78 is 33.6. The minimum Gasteiger partial charge on any atom is -0.468 e. The van der Waals surface area contributed by atoms with Crippen LogP contribution in [0, 0.1) is 11.6 Å². The molecule has 0 amide bonds. The van der Waals surface area contributed by atoms with Crippen molar-refractivity contribution in [2.24, 2.45) is 4.99 Å². The largest absolute Gasteiger partial charge is 0.468 e. The molecule has 2 aliphatic rings. The number of furan rings is 1. The van der Waals surface area contributed by atoms with Gasteiger partial charge >= 0.3 is 0 Å². The van der Waals surface area contributed by atoms with Crippen LogP contribution in [0.3, 0.4) is 0 Å². The van der Waals surface area contributed by atoms with Crippen molar-refractivity contribution in [1.29, 1.82) is 0 Å². The summed E-state index contributed by atoms with van der Waals surface area (Å²) in [5, 5.41) is 6.65. The Kier molecular flexibility index (Phi) is 7.50. The molecule has 3 atom stereocenters. The maximum absolute atomic E-state index is 14.0. The Labute approximate surface area is 187 Å². The second-order valence-corrected chi connectivity index (χ2v) is 7.46. The molecule has 8 heteroatoms. The number of benzene rings is 1. The highest BCUT2D eigenvalue weighted by Crippen LogP contribution is 2.43. The molecule has 1 saturated carbocycles. The lowest BCUT2D eigenvalue weighted by Gasteiger charge is -2.26. The normalized spacial score (nSPS) is 22.8. The van der Waals surface area contributed by atoms with Gasteiger partial charge in [-0.05, 0) is 56.6 Å². The third kappa shape index (κ3) is 5.09. The second-order valence-electron chi connectivity index (χ2n) is 7.46. The van der Waals surface area contributed by atoms with Crippen molar-refractivity contribution < 1.29 is 13.2 Å². The van der Waals surface area contributed by atoms with E-state index in [1.165, 1.54) is 31.0 Å². The fraction of sp³-hybridized carbons (Fsp3) is 0.476. The first kappa shape index (κ1) is 22.0. The Morgan fingerprint density at radius 3 is 2.55 bits per heavy atom. The first-order chi connectivity index (χ1) is 13.7. The number of halogens is 3. The molecule has 2 fully saturated rings. The van der Waals surface area contributed by atoms with Gasteiger partial charge in [0.1, 0.15) is 17.4 Å². The van der Waals surface area contributed by atoms with Crippen LogP contribution >= 0.6 is 24.0 Å². The van der Waals surface area contributed by atoms with E-state index in [0.29, 0.717) is 18.9 Å². The predicted octanol–water partition coefficient (Wildman–Crippen LogP) is 4.03. The van der Waals surface area contributed by atoms with E-state index in [4.69, 9.17) is 4.42 Å². The predicted molar refractivity (Wildman–Crippen MR) is 120 cm³/mol. The van der Waals surface area contributed by atoms with Gasteiger partial charge in [0.15, 0.2) is 5.96 Å². The van der Waals surface area contributed by atoms with E-state index in [1.54, 1.807) is 13.3 Å². The van der Waals surface area contributed by atoms with Crippen molar-refractivity contribution in [1.82, 2.24) is 15.5 Å². The van der Waals surface area contributed by atoms with Gasteiger partial charge in [-0.2, -0.15) is 0 Å². The van der Waals surface area contributed by atoms with E-state index in [-0.39, 0.29) is 47.5 Å². The summed E-state index contributed by atoms with van der Waals surface area (Å²) >= 11 is 0. The van der Waals surface area contributed by atoms with E-state index in [2.05, 4.69) is 20.5 Å². The quantitative estimate of drug-likeness (QED) is 0.346. The van der Waals surface area contributed by atoms with Gasteiger partial charge < -0.3 is 15.1 Å². The van der Waals surface area contributed by atoms with Crippen LogP contribution in [-0.2, 0) is 0 Å². The molecule has 4 rings (SSSR count). The topological polar surface area (TPSA) is 52.8 Å². The van der Waals surface area contributed by atoms with Crippen molar-refractivity contribution in [3.8, 4) is 0 Å². The monoisotopic (exact) mass is 516 g/mol. The van der Waals surface area contributed by atoms with Crippen molar-refractivity contribution >= 4 is 29.9 Å². The molecule has 2 N–H and O–H groups in total. The molecule has 0 radical (unpaired) electrons. The van der Waals surface area contributed by atoms with Gasteiger partial charge in [0, 0.05) is 31.1 Å². The summed E-state index contributed by atoms with van der Waals surface area (Å²) in [5.74, 6) is 0.440. The van der Waals surface area contributed by atoms with E-state index in [1.807, 2.05) is 12.1 Å². The minimum atomic E-state index is -0.482. The van der Waals surface area contributed by atoms with E-state index < -0.39 is 11.6 Å². The fourth-order valence-electron chi connectivity index (χ4n) is 4.05. The van der Waals surface area contributed by atoms with Crippen LogP contribution in [-0.4, -0.2) is 43.6 Å². The maximum atomic E-state index is 14.0. The molecule has 2 aromatic rings. The second kappa shape index (κ2) is 9.88. The molecule has 1 saturated heterocycles. The number of aliphatic imine (C=N–C) groups is 1. The van der Waals surface area contributed by atoms with Crippen molar-refractivity contribution in [3.05, 3.63) is 59.6 Å². The number of rotatable bonds is 6. The molecule has 29 heavy (non-hydrogen) atoms. The third-order valence-corrected chi connectivity index (χ3v) is 5.62. The highest BCUT2D eigenvalue weighted by Gasteiger charge is 2.42. The summed E-state index contributed by atoms with van der Waals surface area (Å²) in [6, 6.07) is 8.03. The molecule has 1 aromatic heterocycles. The summed E-state index contributed by atoms with van der Waals surface area (Å²) in [7, 11) is 1.70. The number of hydrogen-bond donors (Lipinski definition) is 2. The van der Waals surface area contributed by atoms with Crippen LogP contribution in [0.5, 0.6) is 0 Å². The average Bonchev–Trinajstić information content (AvgIpc) is 3.10.